The quantitative estimate of drug-likeness (QED) is 0.0509. The lowest BCUT2D eigenvalue weighted by molar-refractivity contribution is -0.144. The van der Waals surface area contributed by atoms with Gasteiger partial charge in [-0.1, -0.05) is 92.8 Å². The molecule has 0 unspecified atom stereocenters. The van der Waals surface area contributed by atoms with E-state index in [0.717, 1.165) is 43.0 Å². The molecule has 0 radical (unpaired) electrons. The Kier molecular flexibility index (Phi) is 16.2. The highest BCUT2D eigenvalue weighted by Crippen LogP contribution is 2.35. The van der Waals surface area contributed by atoms with E-state index in [1.807, 2.05) is 79.4 Å². The number of nitrogens with zero attached hydrogens (tertiary/aromatic N) is 5. The molecule has 3 aromatic heterocycles. The van der Waals surface area contributed by atoms with Crippen LogP contribution in [0.5, 0.6) is 5.75 Å². The molecule has 396 valence electrons. The molecule has 0 saturated carbocycles. The molecule has 5 heterocycles. The van der Waals surface area contributed by atoms with Gasteiger partial charge >= 0.3 is 5.97 Å². The third-order valence-corrected chi connectivity index (χ3v) is 16.8. The fourth-order valence-corrected chi connectivity index (χ4v) is 12.5. The van der Waals surface area contributed by atoms with Crippen molar-refractivity contribution in [1.82, 2.24) is 30.5 Å². The predicted molar refractivity (Wildman–Crippen MR) is 293 cm³/mol. The van der Waals surface area contributed by atoms with E-state index in [1.54, 1.807) is 49.8 Å². The van der Waals surface area contributed by atoms with Crippen LogP contribution in [-0.2, 0) is 40.2 Å². The normalized spacial score (nSPS) is 16.2. The number of para-hydroxylation sites is 2. The molecule has 16 nitrogen and oxygen atoms in total. The first-order valence-corrected chi connectivity index (χ1v) is 27.7. The van der Waals surface area contributed by atoms with E-state index in [0.29, 0.717) is 52.2 Å². The highest BCUT2D eigenvalue weighted by atomic mass is 32.1. The van der Waals surface area contributed by atoms with Crippen LogP contribution in [0.25, 0.3) is 20.7 Å². The molecule has 1 saturated heterocycles. The zero-order valence-corrected chi connectivity index (χ0v) is 45.2. The molecule has 1 fully saturated rings. The zero-order chi connectivity index (χ0) is 53.8. The van der Waals surface area contributed by atoms with E-state index in [-0.39, 0.29) is 56.2 Å². The number of thiazole rings is 3. The molecule has 5 N–H and O–H groups in total. The molecule has 4 amide bonds. The van der Waals surface area contributed by atoms with E-state index in [2.05, 4.69) is 30.9 Å². The summed E-state index contributed by atoms with van der Waals surface area (Å²) in [6.45, 7) is 10.1. The summed E-state index contributed by atoms with van der Waals surface area (Å²) in [5, 5.41) is 30.8. The number of aliphatic hydroxyl groups is 1. The molecule has 4 atom stereocenters. The number of fused-ring (bicyclic) bond motifs is 2. The average molecular weight is 1090 g/mol. The number of carboxylic acids is 1. The monoisotopic (exact) mass is 1090 g/mol. The second-order valence-corrected chi connectivity index (χ2v) is 23.1. The van der Waals surface area contributed by atoms with Gasteiger partial charge in [0.15, 0.2) is 27.5 Å². The molecule has 0 spiro atoms. The van der Waals surface area contributed by atoms with Gasteiger partial charge in [0.1, 0.15) is 12.1 Å². The van der Waals surface area contributed by atoms with Crippen molar-refractivity contribution in [3.8, 4) is 16.2 Å². The van der Waals surface area contributed by atoms with Crippen molar-refractivity contribution < 1.29 is 43.3 Å². The SMILES string of the molecule is Cc1ncsc1-c1ccc([C@H](C)NC(=O)[C@@H]2C[C@@H](O)CN2C(=O)[C@@H](NC(=O)CCc2cccc(F)c2OCCCc2sc(N3CCc4cccc(C(=O)Nc5nc6ccccc6s5)c4C3)nc2C(=O)O)C(C)(C)C)cc1. The molecule has 7 aromatic rings. The number of nitrogens with one attached hydrogen (secondary N) is 3. The van der Waals surface area contributed by atoms with Crippen molar-refractivity contribution in [2.24, 2.45) is 5.41 Å². The summed E-state index contributed by atoms with van der Waals surface area (Å²) in [4.78, 5) is 86.3. The smallest absolute Gasteiger partial charge is 0.355 e. The standard InChI is InChI=1S/C56H59FN8O8S3/c1-31(33-18-20-36(21-19-33)48-32(2)58-30-74-48)59-51(69)42-27-37(66)28-65(42)52(70)49(56(3,4)5)61-45(67)23-22-35-12-9-14-40(57)47(35)73-26-10-17-44-46(53(71)72)62-55(76-44)64-25-24-34-11-8-13-38(39(34)29-64)50(68)63-54-60-41-15-6-7-16-43(41)75-54/h6-9,11-16,18-21,30-31,37,42,49,66H,10,17,22-29H2,1-5H3,(H,59,69)(H,61,67)(H,71,72)(H,60,63,68)/t31-,37+,42-,49+/m0/s1. The molecule has 4 aromatic carbocycles. The van der Waals surface area contributed by atoms with Crippen LogP contribution in [0.2, 0.25) is 0 Å². The van der Waals surface area contributed by atoms with Crippen LogP contribution in [-0.4, -0.2) is 97.5 Å². The molecule has 20 heteroatoms. The van der Waals surface area contributed by atoms with E-state index < -0.39 is 59.2 Å². The van der Waals surface area contributed by atoms with Gasteiger partial charge in [-0.25, -0.2) is 24.1 Å². The number of aliphatic hydroxyl groups excluding tert-OH is 1. The van der Waals surface area contributed by atoms with Gasteiger partial charge in [0.2, 0.25) is 17.7 Å². The second-order valence-electron chi connectivity index (χ2n) is 20.2. The van der Waals surface area contributed by atoms with Crippen molar-refractivity contribution in [2.75, 3.05) is 29.9 Å². The van der Waals surface area contributed by atoms with Crippen LogP contribution in [0.15, 0.2) is 90.4 Å². The fraction of sp³-hybridized carbons (Fsp3) is 0.357. The Morgan fingerprint density at radius 1 is 0.934 bits per heavy atom. The van der Waals surface area contributed by atoms with Crippen LogP contribution < -0.4 is 25.6 Å². The summed E-state index contributed by atoms with van der Waals surface area (Å²) in [6, 6.07) is 23.2. The Labute approximate surface area is 451 Å². The number of likely N-dealkylation sites (tertiary alicyclic amines) is 1. The zero-order valence-electron chi connectivity index (χ0n) is 42.7. The lowest BCUT2D eigenvalue weighted by Crippen LogP contribution is -2.57. The molecule has 0 bridgehead atoms. The minimum absolute atomic E-state index is 0.0304. The molecule has 2 aliphatic rings. The number of aromatic nitrogens is 3. The Morgan fingerprint density at radius 2 is 1.71 bits per heavy atom. The number of amides is 4. The molecule has 2 aliphatic heterocycles. The summed E-state index contributed by atoms with van der Waals surface area (Å²) < 4.78 is 22.4. The van der Waals surface area contributed by atoms with Crippen molar-refractivity contribution in [3.05, 3.63) is 140 Å². The molecular formula is C56H59FN8O8S3. The summed E-state index contributed by atoms with van der Waals surface area (Å²) in [5.41, 5.74) is 7.36. The number of rotatable bonds is 18. The Balaban J connectivity index is 0.791. The van der Waals surface area contributed by atoms with E-state index >= 15 is 4.39 Å². The third-order valence-electron chi connectivity index (χ3n) is 13.7. The molecule has 0 aliphatic carbocycles. The third kappa shape index (κ3) is 12.1. The predicted octanol–water partition coefficient (Wildman–Crippen LogP) is 9.15. The highest BCUT2D eigenvalue weighted by molar-refractivity contribution is 7.22. The van der Waals surface area contributed by atoms with Crippen LogP contribution in [0.3, 0.4) is 0 Å². The Hall–Kier alpha value is -7.13. The minimum Gasteiger partial charge on any atom is -0.490 e. The number of β-amino-alcohol motifs (C(OH)–C–C–N with tert-alkyl or cyclic N) is 1. The summed E-state index contributed by atoms with van der Waals surface area (Å²) in [5.74, 6) is -3.50. The number of carbonyl (C=O) groups is 5. The number of hydrogen-bond acceptors (Lipinski definition) is 14. The maximum absolute atomic E-state index is 15.4. The van der Waals surface area contributed by atoms with E-state index in [1.165, 1.54) is 39.7 Å². The van der Waals surface area contributed by atoms with Gasteiger partial charge in [0.25, 0.3) is 5.91 Å². The largest absolute Gasteiger partial charge is 0.490 e. The number of benzene rings is 4. The first-order valence-electron chi connectivity index (χ1n) is 25.2. The number of aromatic carboxylic acids is 1. The van der Waals surface area contributed by atoms with Crippen LogP contribution in [0, 0.1) is 18.2 Å². The highest BCUT2D eigenvalue weighted by Gasteiger charge is 2.45. The maximum atomic E-state index is 15.4. The van der Waals surface area contributed by atoms with Gasteiger partial charge in [-0.3, -0.25) is 24.5 Å². The van der Waals surface area contributed by atoms with Crippen LogP contribution >= 0.6 is 34.0 Å². The lowest BCUT2D eigenvalue weighted by atomic mass is 9.85. The van der Waals surface area contributed by atoms with Crippen LogP contribution in [0.4, 0.5) is 14.7 Å². The van der Waals surface area contributed by atoms with Crippen molar-refractivity contribution in [2.45, 2.75) is 104 Å². The fourth-order valence-electron chi connectivity index (χ4n) is 9.67. The van der Waals surface area contributed by atoms with Crippen LogP contribution in [0.1, 0.15) is 107 Å². The number of anilines is 2. The van der Waals surface area contributed by atoms with Crippen molar-refractivity contribution in [3.63, 3.8) is 0 Å². The van der Waals surface area contributed by atoms with E-state index in [4.69, 9.17) is 4.74 Å². The van der Waals surface area contributed by atoms with Gasteiger partial charge in [0.05, 0.1) is 45.1 Å². The number of hydrogen-bond donors (Lipinski definition) is 5. The van der Waals surface area contributed by atoms with Crippen molar-refractivity contribution in [1.29, 1.82) is 0 Å². The van der Waals surface area contributed by atoms with Gasteiger partial charge in [-0.2, -0.15) is 0 Å². The number of carboxylic acid groups (broad SMARTS) is 1. The maximum Gasteiger partial charge on any atom is 0.355 e. The Morgan fingerprint density at radius 3 is 2.45 bits per heavy atom. The number of aryl methyl sites for hydroxylation is 3. The number of halogens is 1. The lowest BCUT2D eigenvalue weighted by Gasteiger charge is -2.35. The van der Waals surface area contributed by atoms with E-state index in [9.17, 15) is 34.2 Å². The minimum atomic E-state index is -1.18. The summed E-state index contributed by atoms with van der Waals surface area (Å²) in [7, 11) is 0. The summed E-state index contributed by atoms with van der Waals surface area (Å²) in [6.07, 6.45) is 0.295. The van der Waals surface area contributed by atoms with Crippen molar-refractivity contribution >= 4 is 84.1 Å². The number of carbonyl (C=O) groups excluding carboxylic acids is 4. The topological polar surface area (TPSA) is 216 Å². The number of ether oxygens (including phenoxy) is 1. The molecule has 9 rings (SSSR count). The molecule has 76 heavy (non-hydrogen) atoms. The average Bonchev–Trinajstić information content (AvgIpc) is 4.22. The second kappa shape index (κ2) is 23.0. The summed E-state index contributed by atoms with van der Waals surface area (Å²) >= 11 is 4.21. The van der Waals surface area contributed by atoms with Gasteiger partial charge in [-0.15, -0.1) is 22.7 Å². The molecular weight excluding hydrogens is 1030 g/mol. The van der Waals surface area contributed by atoms with Gasteiger partial charge in [0, 0.05) is 42.9 Å². The Bertz CT molecular complexity index is 3260. The van der Waals surface area contributed by atoms with Gasteiger partial charge in [-0.05, 0) is 97.0 Å². The first-order chi connectivity index (χ1) is 36.4. The van der Waals surface area contributed by atoms with Gasteiger partial charge < -0.3 is 35.4 Å². The first kappa shape index (κ1) is 53.7.